The Bertz CT molecular complexity index is 1080. The number of fused-ring (bicyclic) bond motifs is 1. The number of anilines is 3. The smallest absolute Gasteiger partial charge is 0.263 e. The van der Waals surface area contributed by atoms with Crippen LogP contribution >= 0.6 is 24.8 Å². The molecule has 4 rings (SSSR count). The van der Waals surface area contributed by atoms with Crippen LogP contribution in [0.25, 0.3) is 0 Å². The maximum atomic E-state index is 13.5. The van der Waals surface area contributed by atoms with Gasteiger partial charge in [0.05, 0.1) is 0 Å². The summed E-state index contributed by atoms with van der Waals surface area (Å²) in [6, 6.07) is 9.85. The first-order valence-electron chi connectivity index (χ1n) is 11.2. The number of hydrogen-bond donors (Lipinski definition) is 2. The van der Waals surface area contributed by atoms with Crippen molar-refractivity contribution >= 4 is 48.2 Å². The minimum atomic E-state index is -0.112. The molecule has 2 N–H and O–H groups in total. The molecule has 182 valence electrons. The summed E-state index contributed by atoms with van der Waals surface area (Å²) in [7, 11) is 3.89. The highest BCUT2D eigenvalue weighted by Crippen LogP contribution is 2.31. The normalized spacial score (nSPS) is 14.1. The second kappa shape index (κ2) is 12.0. The fraction of sp³-hybridized carbons (Fsp3) is 0.375. The lowest BCUT2D eigenvalue weighted by Crippen LogP contribution is -2.33. The number of carbonyl (C=O) groups is 1. The Kier molecular flexibility index (Phi) is 9.14. The average Bonchev–Trinajstić information content (AvgIpc) is 3.33. The van der Waals surface area contributed by atoms with E-state index in [9.17, 15) is 4.79 Å². The maximum absolute atomic E-state index is 13.5. The monoisotopic (exact) mass is 500 g/mol. The van der Waals surface area contributed by atoms with Crippen molar-refractivity contribution in [3.8, 4) is 5.75 Å². The maximum Gasteiger partial charge on any atom is 0.263 e. The summed E-state index contributed by atoms with van der Waals surface area (Å²) >= 11 is 1.66. The molecule has 1 amide bonds. The molecule has 1 aliphatic rings. The largest absolute Gasteiger partial charge is 0.486 e. The Morgan fingerprint density at radius 2 is 2.12 bits per heavy atom. The van der Waals surface area contributed by atoms with E-state index >= 15 is 0 Å². The molecule has 0 fully saturated rings. The second-order valence-electron chi connectivity index (χ2n) is 7.89. The summed E-state index contributed by atoms with van der Waals surface area (Å²) in [6.45, 7) is 4.76. The molecule has 8 nitrogen and oxygen atoms in total. The number of thiophene rings is 1. The lowest BCUT2D eigenvalue weighted by Gasteiger charge is -2.23. The molecule has 0 aliphatic carbocycles. The molecular weight excluding hydrogens is 468 g/mol. The van der Waals surface area contributed by atoms with Crippen LogP contribution in [0.3, 0.4) is 0 Å². The fourth-order valence-corrected chi connectivity index (χ4v) is 4.53. The Morgan fingerprint density at radius 3 is 2.85 bits per heavy atom. The Morgan fingerprint density at radius 1 is 1.26 bits per heavy atom. The molecule has 0 radical (unpaired) electrons. The van der Waals surface area contributed by atoms with E-state index in [0.29, 0.717) is 30.4 Å². The van der Waals surface area contributed by atoms with Gasteiger partial charge in [-0.2, -0.15) is 29.8 Å². The summed E-state index contributed by atoms with van der Waals surface area (Å²) in [5, 5.41) is 10.5. The number of nitrogens with zero attached hydrogens (tertiary/aromatic N) is 4. The first kappa shape index (κ1) is 25.8. The molecular formula is C24H32N6O2S2. The fourth-order valence-electron chi connectivity index (χ4n) is 3.82. The molecule has 10 heteroatoms. The lowest BCUT2D eigenvalue weighted by molar-refractivity contribution is 0.0989. The molecule has 3 heterocycles. The third kappa shape index (κ3) is 5.81. The minimum absolute atomic E-state index is 0. The predicted molar refractivity (Wildman–Crippen MR) is 144 cm³/mol. The van der Waals surface area contributed by atoms with Crippen molar-refractivity contribution in [2.45, 2.75) is 19.4 Å². The SMILES string of the molecule is CCNc1ncc2c(n1)N(C)CCN(c1cccc(O[C@@H](CCNC)c3ccsc3)c1)C2=O.S. The standard InChI is InChI=1S/C24H30N6O2S.H2S/c1-4-26-24-27-15-20-22(28-24)29(3)11-12-30(23(20)31)18-6-5-7-19(14-18)32-21(8-10-25-2)17-9-13-33-16-17;/h5-7,9,13-16,21,25H,4,8,10-12H2,1-3H3,(H,26,27,28);1H2/t21-;/m0./s1. The van der Waals surface area contributed by atoms with Crippen LogP contribution in [-0.4, -0.2) is 56.1 Å². The zero-order chi connectivity index (χ0) is 23.2. The number of likely N-dealkylation sites (N-methyl/N-ethyl adjacent to an activating group) is 1. The third-order valence-corrected chi connectivity index (χ3v) is 6.28. The summed E-state index contributed by atoms with van der Waals surface area (Å²) in [4.78, 5) is 26.1. The molecule has 0 saturated heterocycles. The molecule has 0 spiro atoms. The topological polar surface area (TPSA) is 82.6 Å². The van der Waals surface area contributed by atoms with E-state index in [4.69, 9.17) is 4.74 Å². The lowest BCUT2D eigenvalue weighted by atomic mass is 10.1. The molecule has 2 aromatic heterocycles. The number of hydrogen-bond acceptors (Lipinski definition) is 8. The van der Waals surface area contributed by atoms with Gasteiger partial charge >= 0.3 is 0 Å². The minimum Gasteiger partial charge on any atom is -0.486 e. The number of ether oxygens (including phenoxy) is 1. The Labute approximate surface area is 211 Å². The molecule has 0 bridgehead atoms. The highest BCUT2D eigenvalue weighted by Gasteiger charge is 2.28. The van der Waals surface area contributed by atoms with Crippen molar-refractivity contribution in [3.63, 3.8) is 0 Å². The van der Waals surface area contributed by atoms with E-state index < -0.39 is 0 Å². The van der Waals surface area contributed by atoms with E-state index in [2.05, 4.69) is 37.4 Å². The van der Waals surface area contributed by atoms with E-state index in [1.54, 1.807) is 22.4 Å². The van der Waals surface area contributed by atoms with Crippen LogP contribution in [0.2, 0.25) is 0 Å². The second-order valence-corrected chi connectivity index (χ2v) is 8.67. The summed E-state index contributed by atoms with van der Waals surface area (Å²) < 4.78 is 6.38. The Balaban J connectivity index is 0.00000324. The number of rotatable bonds is 9. The molecule has 34 heavy (non-hydrogen) atoms. The summed E-state index contributed by atoms with van der Waals surface area (Å²) in [5.74, 6) is 1.80. The molecule has 1 aromatic carbocycles. The van der Waals surface area contributed by atoms with Gasteiger partial charge in [0.2, 0.25) is 5.95 Å². The van der Waals surface area contributed by atoms with Gasteiger partial charge in [0, 0.05) is 56.6 Å². The average molecular weight is 501 g/mol. The molecule has 0 saturated carbocycles. The van der Waals surface area contributed by atoms with Crippen LogP contribution in [0, 0.1) is 0 Å². The quantitative estimate of drug-likeness (QED) is 0.461. The van der Waals surface area contributed by atoms with Gasteiger partial charge in [-0.15, -0.1) is 0 Å². The van der Waals surface area contributed by atoms with Gasteiger partial charge in [0.25, 0.3) is 5.91 Å². The van der Waals surface area contributed by atoms with Gasteiger partial charge in [-0.1, -0.05) is 6.07 Å². The zero-order valence-electron chi connectivity index (χ0n) is 19.7. The first-order valence-corrected chi connectivity index (χ1v) is 12.1. The number of carbonyl (C=O) groups excluding carboxylic acids is 1. The van der Waals surface area contributed by atoms with E-state index in [0.717, 1.165) is 36.5 Å². The summed E-state index contributed by atoms with van der Waals surface area (Å²) in [6.07, 6.45) is 2.41. The van der Waals surface area contributed by atoms with Gasteiger partial charge < -0.3 is 25.2 Å². The predicted octanol–water partition coefficient (Wildman–Crippen LogP) is 3.91. The number of aromatic nitrogens is 2. The van der Waals surface area contributed by atoms with Gasteiger partial charge in [0.15, 0.2) is 0 Å². The number of nitrogens with one attached hydrogen (secondary N) is 2. The van der Waals surface area contributed by atoms with Crippen molar-refractivity contribution in [3.05, 3.63) is 58.4 Å². The highest BCUT2D eigenvalue weighted by molar-refractivity contribution is 7.59. The van der Waals surface area contributed by atoms with Crippen molar-refractivity contribution < 1.29 is 9.53 Å². The van der Waals surface area contributed by atoms with E-state index in [1.807, 2.05) is 50.2 Å². The van der Waals surface area contributed by atoms with Gasteiger partial charge in [-0.3, -0.25) is 4.79 Å². The zero-order valence-corrected chi connectivity index (χ0v) is 21.6. The van der Waals surface area contributed by atoms with Gasteiger partial charge in [0.1, 0.15) is 23.2 Å². The number of benzene rings is 1. The van der Waals surface area contributed by atoms with Crippen LogP contribution in [-0.2, 0) is 0 Å². The first-order chi connectivity index (χ1) is 16.1. The van der Waals surface area contributed by atoms with Gasteiger partial charge in [-0.05, 0) is 49.5 Å². The van der Waals surface area contributed by atoms with Crippen LogP contribution in [0.5, 0.6) is 5.75 Å². The third-order valence-electron chi connectivity index (χ3n) is 5.58. The van der Waals surface area contributed by atoms with Crippen LogP contribution < -0.4 is 25.2 Å². The molecule has 1 aliphatic heterocycles. The van der Waals surface area contributed by atoms with Crippen molar-refractivity contribution in [1.82, 2.24) is 15.3 Å². The molecule has 3 aromatic rings. The van der Waals surface area contributed by atoms with E-state index in [1.165, 1.54) is 0 Å². The summed E-state index contributed by atoms with van der Waals surface area (Å²) in [5.41, 5.74) is 2.45. The van der Waals surface area contributed by atoms with Crippen LogP contribution in [0.4, 0.5) is 17.5 Å². The Hall–Kier alpha value is -2.82. The van der Waals surface area contributed by atoms with Crippen molar-refractivity contribution in [2.75, 3.05) is 55.4 Å². The van der Waals surface area contributed by atoms with Gasteiger partial charge in [-0.25, -0.2) is 4.98 Å². The molecule has 1 atom stereocenters. The van der Waals surface area contributed by atoms with Crippen LogP contribution in [0.15, 0.2) is 47.3 Å². The number of amides is 1. The van der Waals surface area contributed by atoms with Crippen LogP contribution in [0.1, 0.15) is 35.4 Å². The van der Waals surface area contributed by atoms with E-state index in [-0.39, 0.29) is 25.5 Å². The van der Waals surface area contributed by atoms with Crippen molar-refractivity contribution in [2.24, 2.45) is 0 Å². The van der Waals surface area contributed by atoms with Crippen molar-refractivity contribution in [1.29, 1.82) is 0 Å². The molecule has 0 unspecified atom stereocenters. The highest BCUT2D eigenvalue weighted by atomic mass is 32.1.